The largest absolute Gasteiger partial charge is 0.497 e. The van der Waals surface area contributed by atoms with Gasteiger partial charge in [0.2, 0.25) is 0 Å². The SMILES string of the molecule is COc1ccc(CNC(=O)c2ccc(C=C(C)C(=O)O)s2)c(OC)c1. The van der Waals surface area contributed by atoms with Gasteiger partial charge in [0.15, 0.2) is 0 Å². The maximum absolute atomic E-state index is 12.3. The van der Waals surface area contributed by atoms with Gasteiger partial charge in [-0.2, -0.15) is 0 Å². The molecule has 0 bridgehead atoms. The van der Waals surface area contributed by atoms with Crippen LogP contribution < -0.4 is 14.8 Å². The highest BCUT2D eigenvalue weighted by atomic mass is 32.1. The lowest BCUT2D eigenvalue weighted by Gasteiger charge is -2.11. The van der Waals surface area contributed by atoms with Crippen molar-refractivity contribution in [1.82, 2.24) is 5.32 Å². The van der Waals surface area contributed by atoms with Gasteiger partial charge in [-0.05, 0) is 37.3 Å². The number of hydrogen-bond donors (Lipinski definition) is 2. The average Bonchev–Trinajstić information content (AvgIpc) is 3.07. The van der Waals surface area contributed by atoms with Crippen LogP contribution >= 0.6 is 11.3 Å². The molecule has 6 nitrogen and oxygen atoms in total. The highest BCUT2D eigenvalue weighted by Gasteiger charge is 2.11. The number of rotatable bonds is 7. The van der Waals surface area contributed by atoms with Crippen LogP contribution in [0.5, 0.6) is 11.5 Å². The van der Waals surface area contributed by atoms with E-state index in [9.17, 15) is 9.59 Å². The van der Waals surface area contributed by atoms with E-state index >= 15 is 0 Å². The minimum atomic E-state index is -0.981. The van der Waals surface area contributed by atoms with Crippen molar-refractivity contribution >= 4 is 29.3 Å². The number of methoxy groups -OCH3 is 2. The predicted octanol–water partition coefficient (Wildman–Crippen LogP) is 3.18. The number of nitrogens with one attached hydrogen (secondary N) is 1. The zero-order valence-electron chi connectivity index (χ0n) is 14.2. The van der Waals surface area contributed by atoms with E-state index in [0.717, 1.165) is 5.56 Å². The van der Waals surface area contributed by atoms with Gasteiger partial charge in [-0.1, -0.05) is 0 Å². The Morgan fingerprint density at radius 3 is 2.60 bits per heavy atom. The first kappa shape index (κ1) is 18.5. The van der Waals surface area contributed by atoms with E-state index in [2.05, 4.69) is 5.32 Å². The molecule has 0 aliphatic heterocycles. The van der Waals surface area contributed by atoms with E-state index in [1.54, 1.807) is 38.5 Å². The normalized spacial score (nSPS) is 11.1. The van der Waals surface area contributed by atoms with E-state index in [4.69, 9.17) is 14.6 Å². The number of benzene rings is 1. The van der Waals surface area contributed by atoms with Crippen molar-refractivity contribution in [3.05, 3.63) is 51.2 Å². The smallest absolute Gasteiger partial charge is 0.331 e. The van der Waals surface area contributed by atoms with Gasteiger partial charge < -0.3 is 19.9 Å². The van der Waals surface area contributed by atoms with Gasteiger partial charge in [0.1, 0.15) is 11.5 Å². The number of carbonyl (C=O) groups is 2. The summed E-state index contributed by atoms with van der Waals surface area (Å²) in [5.41, 5.74) is 1.05. The molecule has 2 N–H and O–H groups in total. The number of thiophene rings is 1. The summed E-state index contributed by atoms with van der Waals surface area (Å²) in [6.07, 6.45) is 1.54. The Morgan fingerprint density at radius 2 is 1.96 bits per heavy atom. The van der Waals surface area contributed by atoms with E-state index in [1.165, 1.54) is 24.3 Å². The Balaban J connectivity index is 2.05. The lowest BCUT2D eigenvalue weighted by molar-refractivity contribution is -0.132. The molecule has 1 aromatic heterocycles. The fraction of sp³-hybridized carbons (Fsp3) is 0.222. The summed E-state index contributed by atoms with van der Waals surface area (Å²) < 4.78 is 10.4. The Hall–Kier alpha value is -2.80. The summed E-state index contributed by atoms with van der Waals surface area (Å²) >= 11 is 1.23. The number of carboxylic acid groups (broad SMARTS) is 1. The zero-order valence-corrected chi connectivity index (χ0v) is 15.0. The van der Waals surface area contributed by atoms with Crippen molar-refractivity contribution < 1.29 is 24.2 Å². The molecule has 2 rings (SSSR count). The van der Waals surface area contributed by atoms with Crippen molar-refractivity contribution in [2.24, 2.45) is 0 Å². The molecule has 0 aliphatic carbocycles. The van der Waals surface area contributed by atoms with Gasteiger partial charge in [-0.3, -0.25) is 4.79 Å². The number of hydrogen-bond acceptors (Lipinski definition) is 5. The summed E-state index contributed by atoms with van der Waals surface area (Å²) in [5, 5.41) is 11.7. The second kappa shape index (κ2) is 8.34. The molecule has 0 aliphatic rings. The first-order chi connectivity index (χ1) is 11.9. The molecule has 0 saturated carbocycles. The quantitative estimate of drug-likeness (QED) is 0.740. The fourth-order valence-corrected chi connectivity index (χ4v) is 3.01. The third-order valence-electron chi connectivity index (χ3n) is 3.48. The zero-order chi connectivity index (χ0) is 18.4. The summed E-state index contributed by atoms with van der Waals surface area (Å²) in [6.45, 7) is 1.82. The Labute approximate surface area is 149 Å². The third kappa shape index (κ3) is 4.84. The number of amides is 1. The molecule has 0 fully saturated rings. The third-order valence-corrected chi connectivity index (χ3v) is 4.51. The monoisotopic (exact) mass is 361 g/mol. The molecule has 2 aromatic rings. The van der Waals surface area contributed by atoms with Crippen molar-refractivity contribution in [2.75, 3.05) is 14.2 Å². The van der Waals surface area contributed by atoms with Crippen molar-refractivity contribution in [1.29, 1.82) is 0 Å². The van der Waals surface area contributed by atoms with Crippen molar-refractivity contribution in [2.45, 2.75) is 13.5 Å². The van der Waals surface area contributed by atoms with Crippen LogP contribution in [0.4, 0.5) is 0 Å². The van der Waals surface area contributed by atoms with Crippen LogP contribution in [0.2, 0.25) is 0 Å². The molecular formula is C18H19NO5S. The van der Waals surface area contributed by atoms with Crippen LogP contribution in [0, 0.1) is 0 Å². The standard InChI is InChI=1S/C18H19NO5S/c1-11(18(21)22)8-14-6-7-16(25-14)17(20)19-10-12-4-5-13(23-2)9-15(12)24-3/h4-9H,10H2,1-3H3,(H,19,20)(H,21,22). The van der Waals surface area contributed by atoms with Crippen LogP contribution in [0.15, 0.2) is 35.9 Å². The molecule has 0 saturated heterocycles. The summed E-state index contributed by atoms with van der Waals surface area (Å²) in [5.74, 6) is 0.100. The molecule has 1 heterocycles. The molecule has 0 atom stereocenters. The molecule has 132 valence electrons. The first-order valence-electron chi connectivity index (χ1n) is 7.45. The van der Waals surface area contributed by atoms with Gasteiger partial charge >= 0.3 is 5.97 Å². The maximum Gasteiger partial charge on any atom is 0.331 e. The predicted molar refractivity (Wildman–Crippen MR) is 96.3 cm³/mol. The van der Waals surface area contributed by atoms with E-state index in [-0.39, 0.29) is 11.5 Å². The van der Waals surface area contributed by atoms with Crippen LogP contribution in [-0.4, -0.2) is 31.2 Å². The molecule has 25 heavy (non-hydrogen) atoms. The van der Waals surface area contributed by atoms with Crippen molar-refractivity contribution in [3.8, 4) is 11.5 Å². The first-order valence-corrected chi connectivity index (χ1v) is 8.26. The summed E-state index contributed by atoms with van der Waals surface area (Å²) in [7, 11) is 3.13. The second-order valence-corrected chi connectivity index (χ2v) is 6.31. The van der Waals surface area contributed by atoms with E-state index in [0.29, 0.717) is 27.8 Å². The van der Waals surface area contributed by atoms with Gasteiger partial charge in [0.05, 0.1) is 19.1 Å². The Morgan fingerprint density at radius 1 is 1.20 bits per heavy atom. The number of ether oxygens (including phenoxy) is 2. The average molecular weight is 361 g/mol. The van der Waals surface area contributed by atoms with Crippen LogP contribution in [0.3, 0.4) is 0 Å². The topological polar surface area (TPSA) is 84.9 Å². The fourth-order valence-electron chi connectivity index (χ4n) is 2.09. The van der Waals surface area contributed by atoms with Gasteiger partial charge in [0, 0.05) is 28.6 Å². The molecule has 1 amide bonds. The summed E-state index contributed by atoms with van der Waals surface area (Å²) in [6, 6.07) is 8.78. The molecular weight excluding hydrogens is 342 g/mol. The molecule has 0 spiro atoms. The maximum atomic E-state index is 12.3. The van der Waals surface area contributed by atoms with Crippen LogP contribution in [0.1, 0.15) is 27.0 Å². The van der Waals surface area contributed by atoms with Crippen LogP contribution in [-0.2, 0) is 11.3 Å². The summed E-state index contributed by atoms with van der Waals surface area (Å²) in [4.78, 5) is 24.3. The van der Waals surface area contributed by atoms with Gasteiger partial charge in [-0.25, -0.2) is 4.79 Å². The lowest BCUT2D eigenvalue weighted by atomic mass is 10.2. The minimum Gasteiger partial charge on any atom is -0.497 e. The Bertz CT molecular complexity index is 810. The molecule has 1 aromatic carbocycles. The molecule has 7 heteroatoms. The van der Waals surface area contributed by atoms with Crippen molar-refractivity contribution in [3.63, 3.8) is 0 Å². The van der Waals surface area contributed by atoms with Crippen LogP contribution in [0.25, 0.3) is 6.08 Å². The highest BCUT2D eigenvalue weighted by molar-refractivity contribution is 7.14. The number of aliphatic carboxylic acids is 1. The van der Waals surface area contributed by atoms with Gasteiger partial charge in [0.25, 0.3) is 5.91 Å². The second-order valence-electron chi connectivity index (χ2n) is 5.19. The van der Waals surface area contributed by atoms with E-state index in [1.807, 2.05) is 6.07 Å². The van der Waals surface area contributed by atoms with Gasteiger partial charge in [-0.15, -0.1) is 11.3 Å². The Kier molecular flexibility index (Phi) is 6.19. The highest BCUT2D eigenvalue weighted by Crippen LogP contribution is 2.25. The number of carboxylic acids is 1. The molecule has 0 unspecified atom stereocenters. The van der Waals surface area contributed by atoms with E-state index < -0.39 is 5.97 Å². The number of carbonyl (C=O) groups excluding carboxylic acids is 1. The minimum absolute atomic E-state index is 0.219. The molecule has 0 radical (unpaired) electrons. The lowest BCUT2D eigenvalue weighted by Crippen LogP contribution is -2.22.